The summed E-state index contributed by atoms with van der Waals surface area (Å²) in [6, 6.07) is 17.5. The standard InChI is InChI=1S/C34H45N3O7S/c1-9-29(33(39)35-34(4,5)6)36(22-25-14-12-11-13-24(25)3)32(38)23-37(26-15-17-27(18-16-26)44-10-2)45(40,41)28-19-20-30(42-7)31(21-28)43-8/h11-21,29H,9-10,22-23H2,1-8H3,(H,35,39)/t29-/m0/s1. The molecule has 10 nitrogen and oxygen atoms in total. The van der Waals surface area contributed by atoms with Crippen molar-refractivity contribution in [2.24, 2.45) is 0 Å². The number of nitrogens with zero attached hydrogens (tertiary/aromatic N) is 2. The Kier molecular flexibility index (Phi) is 11.9. The van der Waals surface area contributed by atoms with Crippen molar-refractivity contribution in [3.05, 3.63) is 77.9 Å². The van der Waals surface area contributed by atoms with Gasteiger partial charge >= 0.3 is 0 Å². The number of hydrogen-bond acceptors (Lipinski definition) is 7. The van der Waals surface area contributed by atoms with Crippen LogP contribution in [0, 0.1) is 6.92 Å². The quantitative estimate of drug-likeness (QED) is 0.254. The summed E-state index contributed by atoms with van der Waals surface area (Å²) in [5.74, 6) is 0.291. The van der Waals surface area contributed by atoms with Gasteiger partial charge in [-0.05, 0) is 88.6 Å². The SMILES string of the molecule is CCOc1ccc(N(CC(=O)N(Cc2ccccc2C)[C@@H](CC)C(=O)NC(C)(C)C)S(=O)(=O)c2ccc(OC)c(OC)c2)cc1. The number of benzene rings is 3. The molecule has 11 heteroatoms. The first-order chi connectivity index (χ1) is 21.2. The summed E-state index contributed by atoms with van der Waals surface area (Å²) < 4.78 is 45.8. The van der Waals surface area contributed by atoms with Gasteiger partial charge in [-0.2, -0.15) is 0 Å². The van der Waals surface area contributed by atoms with Crippen molar-refractivity contribution >= 4 is 27.5 Å². The van der Waals surface area contributed by atoms with Crippen molar-refractivity contribution in [3.63, 3.8) is 0 Å². The van der Waals surface area contributed by atoms with E-state index in [-0.39, 0.29) is 28.8 Å². The molecule has 244 valence electrons. The fourth-order valence-electron chi connectivity index (χ4n) is 4.85. The molecule has 3 aromatic rings. The number of methoxy groups -OCH3 is 2. The lowest BCUT2D eigenvalue weighted by atomic mass is 10.0. The van der Waals surface area contributed by atoms with E-state index in [1.165, 1.54) is 37.3 Å². The van der Waals surface area contributed by atoms with Crippen molar-refractivity contribution in [1.29, 1.82) is 0 Å². The zero-order valence-corrected chi connectivity index (χ0v) is 28.2. The average Bonchev–Trinajstić information content (AvgIpc) is 2.99. The molecule has 45 heavy (non-hydrogen) atoms. The van der Waals surface area contributed by atoms with E-state index in [1.54, 1.807) is 24.3 Å². The predicted molar refractivity (Wildman–Crippen MR) is 175 cm³/mol. The maximum Gasteiger partial charge on any atom is 0.264 e. The van der Waals surface area contributed by atoms with Gasteiger partial charge in [-0.1, -0.05) is 31.2 Å². The fourth-order valence-corrected chi connectivity index (χ4v) is 6.28. The van der Waals surface area contributed by atoms with Gasteiger partial charge in [0, 0.05) is 18.2 Å². The average molecular weight is 640 g/mol. The highest BCUT2D eigenvalue weighted by molar-refractivity contribution is 7.92. The van der Waals surface area contributed by atoms with Crippen LogP contribution in [0.25, 0.3) is 0 Å². The number of aryl methyl sites for hydroxylation is 1. The normalized spacial score (nSPS) is 12.2. The van der Waals surface area contributed by atoms with Gasteiger partial charge in [-0.25, -0.2) is 8.42 Å². The number of sulfonamides is 1. The summed E-state index contributed by atoms with van der Waals surface area (Å²) in [5, 5.41) is 2.98. The van der Waals surface area contributed by atoms with E-state index in [4.69, 9.17) is 14.2 Å². The lowest BCUT2D eigenvalue weighted by molar-refractivity contribution is -0.141. The molecule has 0 saturated carbocycles. The van der Waals surface area contributed by atoms with Crippen molar-refractivity contribution < 1.29 is 32.2 Å². The molecule has 2 amide bonds. The maximum absolute atomic E-state index is 14.4. The van der Waals surface area contributed by atoms with Crippen LogP contribution in [0.4, 0.5) is 5.69 Å². The van der Waals surface area contributed by atoms with E-state index >= 15 is 0 Å². The molecule has 0 radical (unpaired) electrons. The van der Waals surface area contributed by atoms with Gasteiger partial charge in [0.1, 0.15) is 18.3 Å². The molecule has 0 aliphatic heterocycles. The summed E-state index contributed by atoms with van der Waals surface area (Å²) in [6.45, 7) is 11.2. The molecule has 3 rings (SSSR count). The molecular weight excluding hydrogens is 594 g/mol. The third-order valence-electron chi connectivity index (χ3n) is 7.14. The van der Waals surface area contributed by atoms with Crippen molar-refractivity contribution in [1.82, 2.24) is 10.2 Å². The Morgan fingerprint density at radius 2 is 1.56 bits per heavy atom. The minimum atomic E-state index is -4.32. The van der Waals surface area contributed by atoms with Gasteiger partial charge in [-0.15, -0.1) is 0 Å². The van der Waals surface area contributed by atoms with Crippen LogP contribution in [0.1, 0.15) is 52.2 Å². The number of carbonyl (C=O) groups excluding carboxylic acids is 2. The molecule has 0 spiro atoms. The number of hydrogen-bond donors (Lipinski definition) is 1. The molecule has 0 aliphatic rings. The molecule has 0 bridgehead atoms. The summed E-state index contributed by atoms with van der Waals surface area (Å²) in [7, 11) is -1.45. The Labute approximate surface area is 267 Å². The van der Waals surface area contributed by atoms with Crippen LogP contribution in [0.15, 0.2) is 71.6 Å². The highest BCUT2D eigenvalue weighted by Gasteiger charge is 2.35. The van der Waals surface area contributed by atoms with Gasteiger partial charge in [0.2, 0.25) is 11.8 Å². The number of rotatable bonds is 14. The number of nitrogens with one attached hydrogen (secondary N) is 1. The van der Waals surface area contributed by atoms with E-state index in [0.717, 1.165) is 15.4 Å². The van der Waals surface area contributed by atoms with Gasteiger partial charge in [0.05, 0.1) is 31.4 Å². The van der Waals surface area contributed by atoms with Gasteiger partial charge < -0.3 is 24.4 Å². The first-order valence-electron chi connectivity index (χ1n) is 14.9. The van der Waals surface area contributed by atoms with Gasteiger partial charge in [-0.3, -0.25) is 13.9 Å². The Morgan fingerprint density at radius 1 is 0.911 bits per heavy atom. The van der Waals surface area contributed by atoms with Crippen LogP contribution in [-0.4, -0.2) is 64.1 Å². The minimum absolute atomic E-state index is 0.0928. The third kappa shape index (κ3) is 8.91. The molecule has 0 aromatic heterocycles. The maximum atomic E-state index is 14.4. The summed E-state index contributed by atoms with van der Waals surface area (Å²) in [5.41, 5.74) is 1.52. The first-order valence-corrected chi connectivity index (χ1v) is 16.3. The second-order valence-corrected chi connectivity index (χ2v) is 13.4. The molecule has 3 aromatic carbocycles. The topological polar surface area (TPSA) is 114 Å². The van der Waals surface area contributed by atoms with Crippen molar-refractivity contribution in [2.75, 3.05) is 31.7 Å². The number of ether oxygens (including phenoxy) is 3. The van der Waals surface area contributed by atoms with Crippen LogP contribution in [-0.2, 0) is 26.2 Å². The summed E-state index contributed by atoms with van der Waals surface area (Å²) in [6.07, 6.45) is 0.324. The summed E-state index contributed by atoms with van der Waals surface area (Å²) >= 11 is 0. The Hall–Kier alpha value is -4.25. The van der Waals surface area contributed by atoms with Crippen LogP contribution >= 0.6 is 0 Å². The van der Waals surface area contributed by atoms with E-state index in [9.17, 15) is 18.0 Å². The highest BCUT2D eigenvalue weighted by atomic mass is 32.2. The fraction of sp³-hybridized carbons (Fsp3) is 0.412. The molecule has 1 atom stereocenters. The van der Waals surface area contributed by atoms with Crippen molar-refractivity contribution in [3.8, 4) is 17.2 Å². The highest BCUT2D eigenvalue weighted by Crippen LogP contribution is 2.33. The number of anilines is 1. The third-order valence-corrected chi connectivity index (χ3v) is 8.91. The largest absolute Gasteiger partial charge is 0.494 e. The number of amides is 2. The van der Waals surface area contributed by atoms with Crippen LogP contribution in [0.2, 0.25) is 0 Å². The van der Waals surface area contributed by atoms with Gasteiger partial charge in [0.15, 0.2) is 11.5 Å². The van der Waals surface area contributed by atoms with Crippen molar-refractivity contribution in [2.45, 2.75) is 71.0 Å². The summed E-state index contributed by atoms with van der Waals surface area (Å²) in [4.78, 5) is 29.3. The number of carbonyl (C=O) groups is 2. The Morgan fingerprint density at radius 3 is 2.11 bits per heavy atom. The second kappa shape index (κ2) is 15.2. The molecule has 0 aliphatic carbocycles. The smallest absolute Gasteiger partial charge is 0.264 e. The lowest BCUT2D eigenvalue weighted by Gasteiger charge is -2.35. The van der Waals surface area contributed by atoms with Crippen LogP contribution < -0.4 is 23.8 Å². The first kappa shape index (κ1) is 35.2. The Bertz CT molecular complexity index is 1570. The minimum Gasteiger partial charge on any atom is -0.494 e. The van der Waals surface area contributed by atoms with Crippen LogP contribution in [0.3, 0.4) is 0 Å². The van der Waals surface area contributed by atoms with E-state index < -0.39 is 34.1 Å². The van der Waals surface area contributed by atoms with E-state index in [0.29, 0.717) is 24.5 Å². The second-order valence-electron chi connectivity index (χ2n) is 11.6. The zero-order valence-electron chi connectivity index (χ0n) is 27.4. The monoisotopic (exact) mass is 639 g/mol. The zero-order chi connectivity index (χ0) is 33.4. The van der Waals surface area contributed by atoms with E-state index in [1.807, 2.05) is 65.8 Å². The van der Waals surface area contributed by atoms with Gasteiger partial charge in [0.25, 0.3) is 10.0 Å². The Balaban J connectivity index is 2.13. The lowest BCUT2D eigenvalue weighted by Crippen LogP contribution is -2.55. The molecule has 0 saturated heterocycles. The molecule has 0 unspecified atom stereocenters. The predicted octanol–water partition coefficient (Wildman–Crippen LogP) is 5.33. The molecule has 1 N–H and O–H groups in total. The molecule has 0 heterocycles. The van der Waals surface area contributed by atoms with E-state index in [2.05, 4.69) is 5.32 Å². The van der Waals surface area contributed by atoms with Crippen LogP contribution in [0.5, 0.6) is 17.2 Å². The molecular formula is C34H45N3O7S. The molecule has 0 fully saturated rings.